The number of hydrogen-bond acceptors (Lipinski definition) is 5. The molecule has 1 aromatic rings. The van der Waals surface area contributed by atoms with Crippen LogP contribution >= 0.6 is 11.8 Å². The maximum absolute atomic E-state index is 11.8. The van der Waals surface area contributed by atoms with Gasteiger partial charge in [-0.05, 0) is 23.4 Å². The van der Waals surface area contributed by atoms with Crippen LogP contribution in [0, 0.1) is 0 Å². The normalized spacial score (nSPS) is 12.6. The summed E-state index contributed by atoms with van der Waals surface area (Å²) >= 11 is -0.305. The molecule has 0 aliphatic rings. The predicted molar refractivity (Wildman–Crippen MR) is 63.9 cm³/mol. The number of nitrogens with one attached hydrogen (secondary N) is 1. The first-order valence-corrected chi connectivity index (χ1v) is 7.47. The van der Waals surface area contributed by atoms with Gasteiger partial charge in [-0.25, -0.2) is 18.1 Å². The molecule has 0 saturated heterocycles. The summed E-state index contributed by atoms with van der Waals surface area (Å²) in [6.07, 6.45) is 1.18. The van der Waals surface area contributed by atoms with E-state index < -0.39 is 21.3 Å². The van der Waals surface area contributed by atoms with Crippen LogP contribution in [0.2, 0.25) is 0 Å². The minimum Gasteiger partial charge on any atom is -0.392 e. The maximum Gasteiger partial charge on any atom is 0.441 e. The summed E-state index contributed by atoms with van der Waals surface area (Å²) in [4.78, 5) is 3.61. The second-order valence-corrected chi connectivity index (χ2v) is 6.23. The monoisotopic (exact) mass is 316 g/mol. The summed E-state index contributed by atoms with van der Waals surface area (Å²) in [5, 5.41) is 8.46. The van der Waals surface area contributed by atoms with E-state index in [1.165, 1.54) is 18.3 Å². The molecular weight excluding hydrogens is 305 g/mol. The molecular formula is C9H11F3N2O3S2. The number of alkyl halides is 3. The van der Waals surface area contributed by atoms with Gasteiger partial charge >= 0.3 is 5.51 Å². The fourth-order valence-corrected chi connectivity index (χ4v) is 2.60. The summed E-state index contributed by atoms with van der Waals surface area (Å²) in [6.45, 7) is -0.626. The van der Waals surface area contributed by atoms with E-state index in [1.807, 2.05) is 4.72 Å². The molecule has 0 radical (unpaired) electrons. The van der Waals surface area contributed by atoms with E-state index >= 15 is 0 Å². The summed E-state index contributed by atoms with van der Waals surface area (Å²) in [7, 11) is -3.93. The first-order chi connectivity index (χ1) is 8.74. The number of sulfonamides is 1. The quantitative estimate of drug-likeness (QED) is 0.769. The zero-order chi connectivity index (χ0) is 14.5. The van der Waals surface area contributed by atoms with Crippen LogP contribution in [0.5, 0.6) is 0 Å². The van der Waals surface area contributed by atoms with Crippen LogP contribution in [0.1, 0.15) is 5.56 Å². The van der Waals surface area contributed by atoms with E-state index in [1.54, 1.807) is 0 Å². The van der Waals surface area contributed by atoms with Crippen LogP contribution in [0.25, 0.3) is 0 Å². The van der Waals surface area contributed by atoms with Gasteiger partial charge in [0.05, 0.1) is 6.61 Å². The molecule has 1 aromatic heterocycles. The van der Waals surface area contributed by atoms with Crippen molar-refractivity contribution < 1.29 is 26.7 Å². The van der Waals surface area contributed by atoms with Crippen molar-refractivity contribution in [2.45, 2.75) is 17.1 Å². The van der Waals surface area contributed by atoms with Crippen molar-refractivity contribution in [3.63, 3.8) is 0 Å². The lowest BCUT2D eigenvalue weighted by atomic mass is 10.3. The summed E-state index contributed by atoms with van der Waals surface area (Å²) < 4.78 is 60.8. The maximum atomic E-state index is 11.8. The number of aliphatic hydroxyl groups excluding tert-OH is 1. The number of aromatic nitrogens is 1. The van der Waals surface area contributed by atoms with Gasteiger partial charge < -0.3 is 5.11 Å². The fourth-order valence-electron chi connectivity index (χ4n) is 1.08. The van der Waals surface area contributed by atoms with E-state index in [0.29, 0.717) is 5.56 Å². The van der Waals surface area contributed by atoms with Crippen molar-refractivity contribution in [1.29, 1.82) is 0 Å². The van der Waals surface area contributed by atoms with Gasteiger partial charge in [-0.3, -0.25) is 0 Å². The highest BCUT2D eigenvalue weighted by molar-refractivity contribution is 8.00. The van der Waals surface area contributed by atoms with Crippen LogP contribution in [0.4, 0.5) is 13.2 Å². The van der Waals surface area contributed by atoms with Gasteiger partial charge in [0.25, 0.3) is 10.0 Å². The minimum absolute atomic E-state index is 0.275. The van der Waals surface area contributed by atoms with Crippen molar-refractivity contribution in [3.8, 4) is 0 Å². The lowest BCUT2D eigenvalue weighted by molar-refractivity contribution is -0.0327. The molecule has 0 amide bonds. The second kappa shape index (κ2) is 6.55. The van der Waals surface area contributed by atoms with Gasteiger partial charge in [-0.1, -0.05) is 6.07 Å². The average molecular weight is 316 g/mol. The highest BCUT2D eigenvalue weighted by Crippen LogP contribution is 2.29. The molecule has 10 heteroatoms. The molecule has 5 nitrogen and oxygen atoms in total. The minimum atomic E-state index is -4.38. The SMILES string of the molecule is O=S(=O)(NCCSC(F)(F)F)c1ccc(CO)cn1. The van der Waals surface area contributed by atoms with Crippen molar-refractivity contribution >= 4 is 21.8 Å². The number of rotatable bonds is 6. The Bertz CT molecular complexity index is 502. The Morgan fingerprint density at radius 1 is 1.37 bits per heavy atom. The van der Waals surface area contributed by atoms with Gasteiger partial charge in [0, 0.05) is 18.5 Å². The Kier molecular flexibility index (Phi) is 5.59. The number of halogens is 3. The highest BCUT2D eigenvalue weighted by Gasteiger charge is 2.27. The Hall–Kier alpha value is -0.840. The standard InChI is InChI=1S/C9H11F3N2O3S2/c10-9(11,12)18-4-3-14-19(16,17)8-2-1-7(6-15)5-13-8/h1-2,5,14-15H,3-4,6H2. The van der Waals surface area contributed by atoms with Crippen LogP contribution < -0.4 is 4.72 Å². The molecule has 0 bridgehead atoms. The third-order valence-electron chi connectivity index (χ3n) is 1.92. The average Bonchev–Trinajstić information content (AvgIpc) is 2.34. The van der Waals surface area contributed by atoms with Crippen LogP contribution in [0.15, 0.2) is 23.4 Å². The third-order valence-corrected chi connectivity index (χ3v) is 4.03. The molecule has 1 rings (SSSR count). The number of pyridine rings is 1. The Labute approximate surface area is 112 Å². The molecule has 0 aromatic carbocycles. The van der Waals surface area contributed by atoms with E-state index in [4.69, 9.17) is 5.11 Å². The largest absolute Gasteiger partial charge is 0.441 e. The molecule has 0 saturated carbocycles. The summed E-state index contributed by atoms with van der Waals surface area (Å²) in [5.74, 6) is -0.419. The van der Waals surface area contributed by atoms with Crippen molar-refractivity contribution in [3.05, 3.63) is 23.9 Å². The predicted octanol–water partition coefficient (Wildman–Crippen LogP) is 1.11. The van der Waals surface area contributed by atoms with Crippen LogP contribution in [-0.2, 0) is 16.6 Å². The van der Waals surface area contributed by atoms with Crippen LogP contribution in [0.3, 0.4) is 0 Å². The fraction of sp³-hybridized carbons (Fsp3) is 0.444. The number of aliphatic hydroxyl groups is 1. The lowest BCUT2D eigenvalue weighted by Gasteiger charge is -2.07. The summed E-state index contributed by atoms with van der Waals surface area (Å²) in [5.41, 5.74) is -3.95. The number of hydrogen-bond donors (Lipinski definition) is 2. The van der Waals surface area contributed by atoms with E-state index in [9.17, 15) is 21.6 Å². The molecule has 108 valence electrons. The second-order valence-electron chi connectivity index (χ2n) is 3.35. The molecule has 0 atom stereocenters. The Morgan fingerprint density at radius 3 is 2.53 bits per heavy atom. The topological polar surface area (TPSA) is 79.3 Å². The van der Waals surface area contributed by atoms with Gasteiger partial charge in [-0.2, -0.15) is 13.2 Å². The zero-order valence-corrected chi connectivity index (χ0v) is 11.1. The zero-order valence-electron chi connectivity index (χ0n) is 9.51. The van der Waals surface area contributed by atoms with Crippen LogP contribution in [-0.4, -0.2) is 36.3 Å². The van der Waals surface area contributed by atoms with Crippen molar-refractivity contribution in [2.24, 2.45) is 0 Å². The molecule has 0 unspecified atom stereocenters. The van der Waals surface area contributed by atoms with Gasteiger partial charge in [0.2, 0.25) is 0 Å². The molecule has 1 heterocycles. The van der Waals surface area contributed by atoms with E-state index in [0.717, 1.165) is 0 Å². The van der Waals surface area contributed by atoms with Gasteiger partial charge in [0.1, 0.15) is 0 Å². The van der Waals surface area contributed by atoms with Crippen molar-refractivity contribution in [2.75, 3.05) is 12.3 Å². The lowest BCUT2D eigenvalue weighted by Crippen LogP contribution is -2.27. The smallest absolute Gasteiger partial charge is 0.392 e. The Balaban J connectivity index is 2.56. The number of thioether (sulfide) groups is 1. The third kappa shape index (κ3) is 5.76. The Morgan fingerprint density at radius 2 is 2.05 bits per heavy atom. The molecule has 0 aliphatic heterocycles. The molecule has 0 spiro atoms. The van der Waals surface area contributed by atoms with Gasteiger partial charge in [0.15, 0.2) is 5.03 Å². The first kappa shape index (κ1) is 16.2. The number of nitrogens with zero attached hydrogens (tertiary/aromatic N) is 1. The molecule has 19 heavy (non-hydrogen) atoms. The first-order valence-electron chi connectivity index (χ1n) is 5.01. The van der Waals surface area contributed by atoms with E-state index in [-0.39, 0.29) is 29.9 Å². The molecule has 0 aliphatic carbocycles. The molecule has 0 fully saturated rings. The molecule has 2 N–H and O–H groups in total. The van der Waals surface area contributed by atoms with E-state index in [2.05, 4.69) is 4.98 Å². The van der Waals surface area contributed by atoms with Crippen molar-refractivity contribution in [1.82, 2.24) is 9.71 Å². The van der Waals surface area contributed by atoms with Gasteiger partial charge in [-0.15, -0.1) is 0 Å². The summed E-state index contributed by atoms with van der Waals surface area (Å²) in [6, 6.07) is 2.54. The highest BCUT2D eigenvalue weighted by atomic mass is 32.2.